The van der Waals surface area contributed by atoms with E-state index in [2.05, 4.69) is 15.6 Å². The number of nitrogens with zero attached hydrogens (tertiary/aromatic N) is 1. The first-order chi connectivity index (χ1) is 7.36. The molecule has 1 unspecified atom stereocenters. The molecule has 2 N–H and O–H groups in total. The van der Waals surface area contributed by atoms with Crippen molar-refractivity contribution in [1.82, 2.24) is 10.3 Å². The van der Waals surface area contributed by atoms with Gasteiger partial charge in [-0.3, -0.25) is 9.78 Å². The summed E-state index contributed by atoms with van der Waals surface area (Å²) in [7, 11) is 0. The Morgan fingerprint density at radius 2 is 2.33 bits per heavy atom. The van der Waals surface area contributed by atoms with Gasteiger partial charge in [0.2, 0.25) is 0 Å². The number of hydrogen-bond donors (Lipinski definition) is 2. The first-order valence-corrected chi connectivity index (χ1v) is 4.89. The summed E-state index contributed by atoms with van der Waals surface area (Å²) in [5.41, 5.74) is 0.740. The van der Waals surface area contributed by atoms with Crippen molar-refractivity contribution in [1.29, 1.82) is 0 Å². The largest absolute Gasteiger partial charge is 0.366 e. The molecule has 2 rings (SSSR count). The number of rotatable bonds is 2. The van der Waals surface area contributed by atoms with Gasteiger partial charge in [-0.2, -0.15) is 0 Å². The number of anilines is 1. The maximum absolute atomic E-state index is 11.7. The standard InChI is InChI=1S/C10H13N3O2/c14-10(9-7-12-5-6-15-9)13-8-1-3-11-4-2-8/h1-4,9,12H,5-7H2,(H,11,13,14). The van der Waals surface area contributed by atoms with Gasteiger partial charge >= 0.3 is 0 Å². The van der Waals surface area contributed by atoms with Crippen molar-refractivity contribution in [2.45, 2.75) is 6.10 Å². The molecular formula is C10H13N3O2. The molecule has 1 aliphatic heterocycles. The van der Waals surface area contributed by atoms with E-state index in [0.29, 0.717) is 13.2 Å². The van der Waals surface area contributed by atoms with Gasteiger partial charge in [-0.1, -0.05) is 0 Å². The van der Waals surface area contributed by atoms with Crippen LogP contribution in [0.4, 0.5) is 5.69 Å². The lowest BCUT2D eigenvalue weighted by Gasteiger charge is -2.22. The van der Waals surface area contributed by atoms with Crippen LogP contribution >= 0.6 is 0 Å². The van der Waals surface area contributed by atoms with Crippen LogP contribution in [-0.4, -0.2) is 36.7 Å². The lowest BCUT2D eigenvalue weighted by Crippen LogP contribution is -2.45. The molecule has 1 atom stereocenters. The molecule has 0 aromatic carbocycles. The number of ether oxygens (including phenoxy) is 1. The first kappa shape index (κ1) is 10.1. The average Bonchev–Trinajstić information content (AvgIpc) is 2.31. The van der Waals surface area contributed by atoms with E-state index in [-0.39, 0.29) is 5.91 Å². The fraction of sp³-hybridized carbons (Fsp3) is 0.400. The smallest absolute Gasteiger partial charge is 0.254 e. The minimum absolute atomic E-state index is 0.117. The van der Waals surface area contributed by atoms with Crippen LogP contribution in [0, 0.1) is 0 Å². The molecule has 0 spiro atoms. The molecule has 1 aromatic heterocycles. The zero-order valence-corrected chi connectivity index (χ0v) is 8.27. The number of carbonyl (C=O) groups is 1. The summed E-state index contributed by atoms with van der Waals surface area (Å²) >= 11 is 0. The summed E-state index contributed by atoms with van der Waals surface area (Å²) in [4.78, 5) is 15.5. The lowest BCUT2D eigenvalue weighted by molar-refractivity contribution is -0.128. The molecule has 2 heterocycles. The van der Waals surface area contributed by atoms with E-state index in [0.717, 1.165) is 12.2 Å². The Morgan fingerprint density at radius 3 is 3.00 bits per heavy atom. The first-order valence-electron chi connectivity index (χ1n) is 4.89. The molecule has 1 aromatic rings. The molecule has 0 bridgehead atoms. The molecule has 1 fully saturated rings. The maximum Gasteiger partial charge on any atom is 0.254 e. The third kappa shape index (κ3) is 2.74. The molecule has 0 saturated carbocycles. The Kier molecular flexibility index (Phi) is 3.26. The van der Waals surface area contributed by atoms with Crippen LogP contribution < -0.4 is 10.6 Å². The second kappa shape index (κ2) is 4.86. The normalized spacial score (nSPS) is 20.9. The number of morpholine rings is 1. The van der Waals surface area contributed by atoms with Crippen molar-refractivity contribution in [2.75, 3.05) is 25.0 Å². The zero-order valence-electron chi connectivity index (χ0n) is 8.27. The highest BCUT2D eigenvalue weighted by Crippen LogP contribution is 2.05. The van der Waals surface area contributed by atoms with E-state index < -0.39 is 6.10 Å². The van der Waals surface area contributed by atoms with Crippen LogP contribution in [0.5, 0.6) is 0 Å². The zero-order chi connectivity index (χ0) is 10.5. The second-order valence-corrected chi connectivity index (χ2v) is 3.29. The van der Waals surface area contributed by atoms with Gasteiger partial charge in [0.15, 0.2) is 0 Å². The third-order valence-corrected chi connectivity index (χ3v) is 2.17. The van der Waals surface area contributed by atoms with E-state index in [1.807, 2.05) is 0 Å². The molecule has 5 nitrogen and oxygen atoms in total. The van der Waals surface area contributed by atoms with Crippen LogP contribution in [0.1, 0.15) is 0 Å². The van der Waals surface area contributed by atoms with Gasteiger partial charge in [0, 0.05) is 31.2 Å². The SMILES string of the molecule is O=C(Nc1ccncc1)C1CNCCO1. The predicted octanol–water partition coefficient (Wildman–Crippen LogP) is 0.00850. The topological polar surface area (TPSA) is 63.2 Å². The van der Waals surface area contributed by atoms with Crippen molar-refractivity contribution >= 4 is 11.6 Å². The Balaban J connectivity index is 1.91. The second-order valence-electron chi connectivity index (χ2n) is 3.29. The Hall–Kier alpha value is -1.46. The summed E-state index contributed by atoms with van der Waals surface area (Å²) < 4.78 is 5.32. The Bertz CT molecular complexity index is 323. The highest BCUT2D eigenvalue weighted by atomic mass is 16.5. The van der Waals surface area contributed by atoms with E-state index in [4.69, 9.17) is 4.74 Å². The summed E-state index contributed by atoms with van der Waals surface area (Å²) in [5, 5.41) is 5.87. The van der Waals surface area contributed by atoms with Crippen LogP contribution in [0.3, 0.4) is 0 Å². The summed E-state index contributed by atoms with van der Waals surface area (Å²) in [6.45, 7) is 1.95. The van der Waals surface area contributed by atoms with Crippen molar-refractivity contribution in [3.63, 3.8) is 0 Å². The molecule has 5 heteroatoms. The molecular weight excluding hydrogens is 194 g/mol. The van der Waals surface area contributed by atoms with Crippen LogP contribution in [0.2, 0.25) is 0 Å². The summed E-state index contributed by atoms with van der Waals surface area (Å²) in [5.74, 6) is -0.117. The number of amides is 1. The number of nitrogens with one attached hydrogen (secondary N) is 2. The number of hydrogen-bond acceptors (Lipinski definition) is 4. The van der Waals surface area contributed by atoms with Crippen LogP contribution in [-0.2, 0) is 9.53 Å². The summed E-state index contributed by atoms with van der Waals surface area (Å²) in [6, 6.07) is 3.49. The maximum atomic E-state index is 11.7. The molecule has 1 aliphatic rings. The van der Waals surface area contributed by atoms with E-state index in [1.54, 1.807) is 24.5 Å². The van der Waals surface area contributed by atoms with Gasteiger partial charge in [-0.25, -0.2) is 0 Å². The molecule has 1 saturated heterocycles. The Morgan fingerprint density at radius 1 is 1.53 bits per heavy atom. The van der Waals surface area contributed by atoms with Gasteiger partial charge in [0.1, 0.15) is 6.10 Å². The number of carbonyl (C=O) groups excluding carboxylic acids is 1. The van der Waals surface area contributed by atoms with Gasteiger partial charge in [0.25, 0.3) is 5.91 Å². The summed E-state index contributed by atoms with van der Waals surface area (Å²) in [6.07, 6.45) is 2.87. The van der Waals surface area contributed by atoms with Crippen molar-refractivity contribution in [2.24, 2.45) is 0 Å². The number of aromatic nitrogens is 1. The third-order valence-electron chi connectivity index (χ3n) is 2.17. The fourth-order valence-electron chi connectivity index (χ4n) is 1.39. The van der Waals surface area contributed by atoms with Crippen LogP contribution in [0.25, 0.3) is 0 Å². The predicted molar refractivity (Wildman–Crippen MR) is 55.5 cm³/mol. The quantitative estimate of drug-likeness (QED) is 0.717. The molecule has 15 heavy (non-hydrogen) atoms. The van der Waals surface area contributed by atoms with Crippen molar-refractivity contribution in [3.05, 3.63) is 24.5 Å². The van der Waals surface area contributed by atoms with E-state index in [1.165, 1.54) is 0 Å². The molecule has 80 valence electrons. The van der Waals surface area contributed by atoms with Crippen molar-refractivity contribution in [3.8, 4) is 0 Å². The minimum atomic E-state index is -0.396. The highest BCUT2D eigenvalue weighted by Gasteiger charge is 2.21. The Labute approximate surface area is 87.8 Å². The molecule has 0 aliphatic carbocycles. The van der Waals surface area contributed by atoms with Gasteiger partial charge < -0.3 is 15.4 Å². The monoisotopic (exact) mass is 207 g/mol. The van der Waals surface area contributed by atoms with Gasteiger partial charge in [0.05, 0.1) is 6.61 Å². The highest BCUT2D eigenvalue weighted by molar-refractivity contribution is 5.94. The van der Waals surface area contributed by atoms with Crippen molar-refractivity contribution < 1.29 is 9.53 Å². The molecule has 0 radical (unpaired) electrons. The fourth-order valence-corrected chi connectivity index (χ4v) is 1.39. The van der Waals surface area contributed by atoms with E-state index >= 15 is 0 Å². The van der Waals surface area contributed by atoms with Gasteiger partial charge in [-0.15, -0.1) is 0 Å². The average molecular weight is 207 g/mol. The number of pyridine rings is 1. The lowest BCUT2D eigenvalue weighted by atomic mass is 10.3. The molecule has 1 amide bonds. The van der Waals surface area contributed by atoms with Gasteiger partial charge in [-0.05, 0) is 12.1 Å². The van der Waals surface area contributed by atoms with Crippen LogP contribution in [0.15, 0.2) is 24.5 Å². The minimum Gasteiger partial charge on any atom is -0.366 e. The van der Waals surface area contributed by atoms with E-state index in [9.17, 15) is 4.79 Å².